The van der Waals surface area contributed by atoms with E-state index in [4.69, 9.17) is 4.74 Å². The molecule has 1 aliphatic rings. The lowest BCUT2D eigenvalue weighted by Crippen LogP contribution is -2.13. The highest BCUT2D eigenvalue weighted by atomic mass is 16.5. The Morgan fingerprint density at radius 3 is 2.90 bits per heavy atom. The Bertz CT molecular complexity index is 540. The van der Waals surface area contributed by atoms with Gasteiger partial charge in [0.25, 0.3) is 0 Å². The van der Waals surface area contributed by atoms with Gasteiger partial charge < -0.3 is 4.74 Å². The van der Waals surface area contributed by atoms with Crippen molar-refractivity contribution in [2.24, 2.45) is 0 Å². The van der Waals surface area contributed by atoms with Gasteiger partial charge in [0.05, 0.1) is 24.1 Å². The molecule has 5 heteroatoms. The summed E-state index contributed by atoms with van der Waals surface area (Å²) in [4.78, 5) is 0. The SMILES string of the molecule is CCn1cc(OCc2ccn(C3CCCCC3)n2)cn1. The van der Waals surface area contributed by atoms with Gasteiger partial charge in [-0.2, -0.15) is 10.2 Å². The minimum atomic E-state index is 0.509. The molecule has 0 amide bonds. The molecule has 0 aliphatic heterocycles. The first-order valence-electron chi connectivity index (χ1n) is 7.54. The summed E-state index contributed by atoms with van der Waals surface area (Å²) in [5, 5.41) is 8.83. The average Bonchev–Trinajstić information content (AvgIpc) is 3.15. The lowest BCUT2D eigenvalue weighted by atomic mass is 9.96. The van der Waals surface area contributed by atoms with E-state index in [1.165, 1.54) is 32.1 Å². The van der Waals surface area contributed by atoms with Crippen LogP contribution in [-0.4, -0.2) is 19.6 Å². The summed E-state index contributed by atoms with van der Waals surface area (Å²) in [6.07, 6.45) is 12.3. The van der Waals surface area contributed by atoms with Crippen LogP contribution < -0.4 is 4.74 Å². The lowest BCUT2D eigenvalue weighted by Gasteiger charge is -2.21. The first kappa shape index (κ1) is 13.2. The second kappa shape index (κ2) is 6.11. The zero-order valence-corrected chi connectivity index (χ0v) is 12.0. The molecule has 108 valence electrons. The Labute approximate surface area is 119 Å². The molecule has 0 atom stereocenters. The molecule has 1 saturated carbocycles. The Morgan fingerprint density at radius 2 is 2.15 bits per heavy atom. The summed E-state index contributed by atoms with van der Waals surface area (Å²) in [6, 6.07) is 2.64. The van der Waals surface area contributed by atoms with E-state index in [1.807, 2.05) is 10.9 Å². The van der Waals surface area contributed by atoms with Crippen LogP contribution in [0.15, 0.2) is 24.7 Å². The van der Waals surface area contributed by atoms with Gasteiger partial charge in [-0.25, -0.2) is 0 Å². The van der Waals surface area contributed by atoms with Crippen LogP contribution in [0.3, 0.4) is 0 Å². The normalized spacial score (nSPS) is 16.4. The Kier molecular flexibility index (Phi) is 4.04. The van der Waals surface area contributed by atoms with Crippen molar-refractivity contribution < 1.29 is 4.74 Å². The number of hydrogen-bond acceptors (Lipinski definition) is 3. The summed E-state index contributed by atoms with van der Waals surface area (Å²) in [5.41, 5.74) is 0.986. The minimum Gasteiger partial charge on any atom is -0.484 e. The fourth-order valence-electron chi connectivity index (χ4n) is 2.75. The zero-order valence-electron chi connectivity index (χ0n) is 12.0. The molecular weight excluding hydrogens is 252 g/mol. The maximum atomic E-state index is 5.72. The van der Waals surface area contributed by atoms with Crippen molar-refractivity contribution in [1.82, 2.24) is 19.6 Å². The van der Waals surface area contributed by atoms with E-state index in [0.717, 1.165) is 18.0 Å². The number of nitrogens with zero attached hydrogens (tertiary/aromatic N) is 4. The van der Waals surface area contributed by atoms with Crippen molar-refractivity contribution >= 4 is 0 Å². The lowest BCUT2D eigenvalue weighted by molar-refractivity contribution is 0.290. The second-order valence-corrected chi connectivity index (χ2v) is 5.40. The Morgan fingerprint density at radius 1 is 1.30 bits per heavy atom. The average molecular weight is 274 g/mol. The first-order chi connectivity index (χ1) is 9.85. The smallest absolute Gasteiger partial charge is 0.157 e. The van der Waals surface area contributed by atoms with Gasteiger partial charge in [-0.3, -0.25) is 9.36 Å². The fraction of sp³-hybridized carbons (Fsp3) is 0.600. The summed E-state index contributed by atoms with van der Waals surface area (Å²) in [5.74, 6) is 0.805. The van der Waals surface area contributed by atoms with Crippen LogP contribution in [0, 0.1) is 0 Å². The molecule has 2 heterocycles. The maximum absolute atomic E-state index is 5.72. The van der Waals surface area contributed by atoms with Crippen molar-refractivity contribution in [3.05, 3.63) is 30.4 Å². The van der Waals surface area contributed by atoms with Crippen LogP contribution in [0.1, 0.15) is 50.8 Å². The molecule has 0 spiro atoms. The van der Waals surface area contributed by atoms with Crippen LogP contribution in [0.5, 0.6) is 5.75 Å². The number of ether oxygens (including phenoxy) is 1. The van der Waals surface area contributed by atoms with Crippen molar-refractivity contribution in [1.29, 1.82) is 0 Å². The van der Waals surface area contributed by atoms with E-state index in [1.54, 1.807) is 6.20 Å². The van der Waals surface area contributed by atoms with Gasteiger partial charge in [0.15, 0.2) is 5.75 Å². The van der Waals surface area contributed by atoms with E-state index in [0.29, 0.717) is 12.6 Å². The van der Waals surface area contributed by atoms with Crippen LogP contribution in [0.25, 0.3) is 0 Å². The molecular formula is C15H22N4O. The predicted octanol–water partition coefficient (Wildman–Crippen LogP) is 3.18. The summed E-state index contributed by atoms with van der Waals surface area (Å²) in [7, 11) is 0. The third-order valence-electron chi connectivity index (χ3n) is 3.93. The molecule has 1 fully saturated rings. The highest BCUT2D eigenvalue weighted by molar-refractivity contribution is 5.12. The highest BCUT2D eigenvalue weighted by Gasteiger charge is 2.16. The quantitative estimate of drug-likeness (QED) is 0.841. The van der Waals surface area contributed by atoms with E-state index < -0.39 is 0 Å². The van der Waals surface area contributed by atoms with Gasteiger partial charge in [-0.1, -0.05) is 19.3 Å². The molecule has 0 saturated heterocycles. The third-order valence-corrected chi connectivity index (χ3v) is 3.93. The molecule has 0 unspecified atom stereocenters. The molecule has 2 aromatic heterocycles. The Balaban J connectivity index is 1.56. The number of hydrogen-bond donors (Lipinski definition) is 0. The van der Waals surface area contributed by atoms with Gasteiger partial charge in [-0.05, 0) is 25.8 Å². The summed E-state index contributed by atoms with van der Waals surface area (Å²) < 4.78 is 9.69. The van der Waals surface area contributed by atoms with Crippen molar-refractivity contribution in [2.75, 3.05) is 0 Å². The highest BCUT2D eigenvalue weighted by Crippen LogP contribution is 2.27. The molecule has 20 heavy (non-hydrogen) atoms. The number of aryl methyl sites for hydroxylation is 1. The molecule has 0 radical (unpaired) electrons. The monoisotopic (exact) mass is 274 g/mol. The first-order valence-corrected chi connectivity index (χ1v) is 7.54. The van der Waals surface area contributed by atoms with Crippen molar-refractivity contribution in [2.45, 2.75) is 58.2 Å². The van der Waals surface area contributed by atoms with Gasteiger partial charge in [-0.15, -0.1) is 0 Å². The topological polar surface area (TPSA) is 44.9 Å². The maximum Gasteiger partial charge on any atom is 0.157 e. The van der Waals surface area contributed by atoms with Crippen LogP contribution in [0.2, 0.25) is 0 Å². The zero-order chi connectivity index (χ0) is 13.8. The molecule has 0 N–H and O–H groups in total. The summed E-state index contributed by atoms with van der Waals surface area (Å²) >= 11 is 0. The van der Waals surface area contributed by atoms with Crippen LogP contribution in [0.4, 0.5) is 0 Å². The molecule has 0 aromatic carbocycles. The predicted molar refractivity (Wildman–Crippen MR) is 76.6 cm³/mol. The van der Waals surface area contributed by atoms with Gasteiger partial charge in [0, 0.05) is 12.7 Å². The van der Waals surface area contributed by atoms with Gasteiger partial charge >= 0.3 is 0 Å². The van der Waals surface area contributed by atoms with Crippen LogP contribution >= 0.6 is 0 Å². The number of aromatic nitrogens is 4. The fourth-order valence-corrected chi connectivity index (χ4v) is 2.75. The van der Waals surface area contributed by atoms with E-state index in [9.17, 15) is 0 Å². The standard InChI is InChI=1S/C15H22N4O/c1-2-18-11-15(10-16-18)20-12-13-8-9-19(17-13)14-6-4-3-5-7-14/h8-11,14H,2-7,12H2,1H3. The third kappa shape index (κ3) is 3.03. The van der Waals surface area contributed by atoms with Gasteiger partial charge in [0.2, 0.25) is 0 Å². The molecule has 1 aliphatic carbocycles. The van der Waals surface area contributed by atoms with Crippen molar-refractivity contribution in [3.63, 3.8) is 0 Å². The largest absolute Gasteiger partial charge is 0.484 e. The molecule has 0 bridgehead atoms. The molecule has 5 nitrogen and oxygen atoms in total. The van der Waals surface area contributed by atoms with E-state index in [-0.39, 0.29) is 0 Å². The molecule has 3 rings (SSSR count). The van der Waals surface area contributed by atoms with Crippen LogP contribution in [-0.2, 0) is 13.2 Å². The van der Waals surface area contributed by atoms with Gasteiger partial charge in [0.1, 0.15) is 6.61 Å². The summed E-state index contributed by atoms with van der Waals surface area (Å²) in [6.45, 7) is 3.43. The second-order valence-electron chi connectivity index (χ2n) is 5.40. The van der Waals surface area contributed by atoms with Crippen molar-refractivity contribution in [3.8, 4) is 5.75 Å². The molecule has 2 aromatic rings. The van der Waals surface area contributed by atoms with E-state index >= 15 is 0 Å². The Hall–Kier alpha value is -1.78. The van der Waals surface area contributed by atoms with E-state index in [2.05, 4.69) is 34.1 Å². The number of rotatable bonds is 5. The minimum absolute atomic E-state index is 0.509.